The van der Waals surface area contributed by atoms with Crippen LogP contribution in [-0.4, -0.2) is 13.1 Å². The normalized spacial score (nSPS) is 10.5. The fraction of sp³-hybridized carbons (Fsp3) is 0.222. The van der Waals surface area contributed by atoms with Crippen LogP contribution >= 0.6 is 0 Å². The lowest BCUT2D eigenvalue weighted by atomic mass is 10.1. The molecule has 1 aromatic rings. The van der Waals surface area contributed by atoms with E-state index in [4.69, 9.17) is 0 Å². The first kappa shape index (κ1) is 11.5. The zero-order valence-corrected chi connectivity index (χ0v) is 7.56. The summed E-state index contributed by atoms with van der Waals surface area (Å²) in [5.74, 6) is -3.97. The van der Waals surface area contributed by atoms with E-state index < -0.39 is 35.2 Å². The molecule has 0 aliphatic rings. The van der Waals surface area contributed by atoms with Crippen LogP contribution in [0.2, 0.25) is 0 Å². The Kier molecular flexibility index (Phi) is 3.28. The number of carbonyl (C=O) groups is 1. The SMILES string of the molecule is COC(=O)c1c(F)cc(C(F)F)cc1F. The minimum absolute atomic E-state index is 0.403. The van der Waals surface area contributed by atoms with Gasteiger partial charge in [-0.1, -0.05) is 0 Å². The fourth-order valence-corrected chi connectivity index (χ4v) is 1.02. The summed E-state index contributed by atoms with van der Waals surface area (Å²) in [5.41, 5.74) is -1.79. The molecular weight excluding hydrogens is 216 g/mol. The van der Waals surface area contributed by atoms with Gasteiger partial charge < -0.3 is 4.74 Å². The van der Waals surface area contributed by atoms with Crippen molar-refractivity contribution >= 4 is 5.97 Å². The smallest absolute Gasteiger partial charge is 0.343 e. The van der Waals surface area contributed by atoms with Crippen LogP contribution in [0, 0.1) is 11.6 Å². The average molecular weight is 222 g/mol. The Morgan fingerprint density at radius 3 is 2.07 bits per heavy atom. The number of hydrogen-bond donors (Lipinski definition) is 0. The zero-order chi connectivity index (χ0) is 11.6. The van der Waals surface area contributed by atoms with Crippen LogP contribution < -0.4 is 0 Å². The zero-order valence-electron chi connectivity index (χ0n) is 7.56. The van der Waals surface area contributed by atoms with Crippen molar-refractivity contribution in [1.82, 2.24) is 0 Å². The molecule has 0 amide bonds. The van der Waals surface area contributed by atoms with Gasteiger partial charge in [0, 0.05) is 5.56 Å². The Labute approximate surface area is 82.5 Å². The molecule has 1 rings (SSSR count). The van der Waals surface area contributed by atoms with E-state index in [9.17, 15) is 22.4 Å². The maximum absolute atomic E-state index is 13.0. The van der Waals surface area contributed by atoms with Crippen molar-refractivity contribution in [2.24, 2.45) is 0 Å². The van der Waals surface area contributed by atoms with Crippen LogP contribution in [0.15, 0.2) is 12.1 Å². The summed E-state index contributed by atoms with van der Waals surface area (Å²) in [4.78, 5) is 10.8. The van der Waals surface area contributed by atoms with Gasteiger partial charge in [0.2, 0.25) is 0 Å². The third-order valence-corrected chi connectivity index (χ3v) is 1.71. The van der Waals surface area contributed by atoms with Crippen LogP contribution in [0.3, 0.4) is 0 Å². The number of ether oxygens (including phenoxy) is 1. The highest BCUT2D eigenvalue weighted by molar-refractivity contribution is 5.90. The largest absolute Gasteiger partial charge is 0.465 e. The second kappa shape index (κ2) is 4.29. The quantitative estimate of drug-likeness (QED) is 0.568. The van der Waals surface area contributed by atoms with E-state index in [-0.39, 0.29) is 0 Å². The topological polar surface area (TPSA) is 26.3 Å². The molecule has 0 fully saturated rings. The van der Waals surface area contributed by atoms with E-state index in [1.165, 1.54) is 0 Å². The molecule has 82 valence electrons. The maximum atomic E-state index is 13.0. The van der Waals surface area contributed by atoms with Crippen molar-refractivity contribution < 1.29 is 27.1 Å². The van der Waals surface area contributed by atoms with Crippen molar-refractivity contribution in [3.05, 3.63) is 34.9 Å². The van der Waals surface area contributed by atoms with E-state index in [0.29, 0.717) is 12.1 Å². The van der Waals surface area contributed by atoms with Crippen molar-refractivity contribution in [3.63, 3.8) is 0 Å². The van der Waals surface area contributed by atoms with E-state index >= 15 is 0 Å². The number of benzene rings is 1. The van der Waals surface area contributed by atoms with Gasteiger partial charge in [0.05, 0.1) is 7.11 Å². The lowest BCUT2D eigenvalue weighted by molar-refractivity contribution is 0.0589. The Morgan fingerprint density at radius 2 is 1.73 bits per heavy atom. The number of halogens is 4. The molecule has 0 unspecified atom stereocenters. The number of alkyl halides is 2. The summed E-state index contributed by atoms with van der Waals surface area (Å²) in [6, 6.07) is 0.806. The molecule has 0 radical (unpaired) electrons. The number of esters is 1. The molecule has 15 heavy (non-hydrogen) atoms. The van der Waals surface area contributed by atoms with Crippen molar-refractivity contribution in [1.29, 1.82) is 0 Å². The highest BCUT2D eigenvalue weighted by Crippen LogP contribution is 2.23. The minimum atomic E-state index is -3.00. The molecule has 0 aliphatic carbocycles. The summed E-state index contributed by atoms with van der Waals surface area (Å²) < 4.78 is 54.3. The van der Waals surface area contributed by atoms with Gasteiger partial charge in [-0.15, -0.1) is 0 Å². The number of hydrogen-bond acceptors (Lipinski definition) is 2. The van der Waals surface area contributed by atoms with Crippen molar-refractivity contribution in [2.45, 2.75) is 6.43 Å². The molecule has 0 atom stereocenters. The second-order valence-electron chi connectivity index (χ2n) is 2.65. The summed E-state index contributed by atoms with van der Waals surface area (Å²) in [6.45, 7) is 0. The molecule has 0 aliphatic heterocycles. The van der Waals surface area contributed by atoms with Gasteiger partial charge in [0.15, 0.2) is 0 Å². The molecular formula is C9H6F4O2. The molecule has 2 nitrogen and oxygen atoms in total. The molecule has 0 N–H and O–H groups in total. The van der Waals surface area contributed by atoms with Gasteiger partial charge in [0.1, 0.15) is 17.2 Å². The van der Waals surface area contributed by atoms with Crippen LogP contribution in [0.5, 0.6) is 0 Å². The summed E-state index contributed by atoms with van der Waals surface area (Å²) in [5, 5.41) is 0. The van der Waals surface area contributed by atoms with E-state index in [1.807, 2.05) is 0 Å². The van der Waals surface area contributed by atoms with Gasteiger partial charge in [-0.3, -0.25) is 0 Å². The number of carbonyl (C=O) groups excluding carboxylic acids is 1. The third-order valence-electron chi connectivity index (χ3n) is 1.71. The maximum Gasteiger partial charge on any atom is 0.343 e. The highest BCUT2D eigenvalue weighted by Gasteiger charge is 2.21. The summed E-state index contributed by atoms with van der Waals surface area (Å²) in [6.07, 6.45) is -3.00. The first-order valence-electron chi connectivity index (χ1n) is 3.82. The fourth-order valence-electron chi connectivity index (χ4n) is 1.02. The van der Waals surface area contributed by atoms with E-state index in [0.717, 1.165) is 7.11 Å². The van der Waals surface area contributed by atoms with Crippen molar-refractivity contribution in [3.8, 4) is 0 Å². The van der Waals surface area contributed by atoms with Gasteiger partial charge in [-0.05, 0) is 12.1 Å². The van der Waals surface area contributed by atoms with Gasteiger partial charge in [-0.2, -0.15) is 0 Å². The van der Waals surface area contributed by atoms with Crippen LogP contribution in [0.4, 0.5) is 17.6 Å². The lowest BCUT2D eigenvalue weighted by Gasteiger charge is -2.05. The van der Waals surface area contributed by atoms with Crippen molar-refractivity contribution in [2.75, 3.05) is 7.11 Å². The standard InChI is InChI=1S/C9H6F4O2/c1-15-9(14)7-5(10)2-4(8(12)13)3-6(7)11/h2-3,8H,1H3. The Morgan fingerprint density at radius 1 is 1.27 bits per heavy atom. The average Bonchev–Trinajstić information content (AvgIpc) is 2.16. The minimum Gasteiger partial charge on any atom is -0.465 e. The van der Waals surface area contributed by atoms with Gasteiger partial charge >= 0.3 is 5.97 Å². The Bertz CT molecular complexity index is 367. The van der Waals surface area contributed by atoms with Crippen LogP contribution in [-0.2, 0) is 4.74 Å². The summed E-state index contributed by atoms with van der Waals surface area (Å²) >= 11 is 0. The first-order valence-corrected chi connectivity index (χ1v) is 3.82. The molecule has 0 spiro atoms. The molecule has 0 saturated heterocycles. The molecule has 0 saturated carbocycles. The van der Waals surface area contributed by atoms with Crippen LogP contribution in [0.1, 0.15) is 22.3 Å². The molecule has 6 heteroatoms. The predicted molar refractivity (Wildman–Crippen MR) is 42.7 cm³/mol. The van der Waals surface area contributed by atoms with Gasteiger partial charge in [-0.25, -0.2) is 22.4 Å². The number of methoxy groups -OCH3 is 1. The second-order valence-corrected chi connectivity index (χ2v) is 2.65. The molecule has 1 aromatic carbocycles. The lowest BCUT2D eigenvalue weighted by Crippen LogP contribution is -2.08. The van der Waals surface area contributed by atoms with Gasteiger partial charge in [0.25, 0.3) is 6.43 Å². The first-order chi connectivity index (χ1) is 6.97. The third kappa shape index (κ3) is 2.26. The van der Waals surface area contributed by atoms with E-state index in [2.05, 4.69) is 4.74 Å². The predicted octanol–water partition coefficient (Wildman–Crippen LogP) is 2.69. The molecule has 0 heterocycles. The monoisotopic (exact) mass is 222 g/mol. The summed E-state index contributed by atoms with van der Waals surface area (Å²) in [7, 11) is 0.933. The highest BCUT2D eigenvalue weighted by atomic mass is 19.3. The number of rotatable bonds is 2. The Balaban J connectivity index is 3.27. The molecule has 0 aromatic heterocycles. The molecule has 0 bridgehead atoms. The Hall–Kier alpha value is -1.59. The van der Waals surface area contributed by atoms with Crippen LogP contribution in [0.25, 0.3) is 0 Å². The van der Waals surface area contributed by atoms with E-state index in [1.54, 1.807) is 0 Å².